The molecule has 0 saturated heterocycles. The van der Waals surface area contributed by atoms with Crippen molar-refractivity contribution in [2.24, 2.45) is 0 Å². The average Bonchev–Trinajstić information content (AvgIpc) is 3.10. The van der Waals surface area contributed by atoms with Gasteiger partial charge in [0.2, 0.25) is 0 Å². The molecule has 1 aromatic carbocycles. The predicted molar refractivity (Wildman–Crippen MR) is 126 cm³/mol. The molecule has 2 aromatic heterocycles. The molecule has 0 unspecified atom stereocenters. The van der Waals surface area contributed by atoms with Crippen molar-refractivity contribution in [2.75, 3.05) is 12.4 Å². The monoisotopic (exact) mass is 554 g/mol. The van der Waals surface area contributed by atoms with Crippen LogP contribution in [0.3, 0.4) is 0 Å². The maximum absolute atomic E-state index is 13.2. The molecule has 0 saturated carbocycles. The molecule has 172 valence electrons. The third-order valence-corrected chi connectivity index (χ3v) is 5.40. The van der Waals surface area contributed by atoms with Gasteiger partial charge in [-0.25, -0.2) is 10.2 Å². The summed E-state index contributed by atoms with van der Waals surface area (Å²) in [6, 6.07) is 7.79. The molecule has 33 heavy (non-hydrogen) atoms. The molecule has 3 aromatic rings. The van der Waals surface area contributed by atoms with Gasteiger partial charge < -0.3 is 10.4 Å². The normalized spacial score (nSPS) is 10.6. The maximum Gasteiger partial charge on any atom is 0.423 e. The van der Waals surface area contributed by atoms with Crippen LogP contribution < -0.4 is 10.7 Å². The van der Waals surface area contributed by atoms with Crippen LogP contribution in [0.5, 0.6) is 0 Å². The third kappa shape index (κ3) is 5.81. The average molecular weight is 556 g/mol. The summed E-state index contributed by atoms with van der Waals surface area (Å²) in [6.45, 7) is 1.79. The summed E-state index contributed by atoms with van der Waals surface area (Å²) in [5.74, 6) is -1.28. The van der Waals surface area contributed by atoms with Gasteiger partial charge in [-0.05, 0) is 52.7 Å². The van der Waals surface area contributed by atoms with Crippen molar-refractivity contribution in [3.05, 3.63) is 73.7 Å². The Balaban J connectivity index is 1.95. The van der Waals surface area contributed by atoms with Crippen LogP contribution in [0.15, 0.2) is 41.1 Å². The summed E-state index contributed by atoms with van der Waals surface area (Å²) in [5.41, 5.74) is 3.31. The van der Waals surface area contributed by atoms with Gasteiger partial charge in [0, 0.05) is 24.3 Å². The molecule has 3 rings (SSSR count). The van der Waals surface area contributed by atoms with E-state index in [1.807, 2.05) is 5.43 Å². The van der Waals surface area contributed by atoms with Crippen molar-refractivity contribution < 1.29 is 19.5 Å². The number of anilines is 1. The van der Waals surface area contributed by atoms with Crippen LogP contribution in [-0.4, -0.2) is 49.8 Å². The molecule has 2 heterocycles. The summed E-state index contributed by atoms with van der Waals surface area (Å²) in [7, 11) is 1.24. The molecule has 3 amide bonds. The Morgan fingerprint density at radius 3 is 2.64 bits per heavy atom. The Morgan fingerprint density at radius 2 is 1.97 bits per heavy atom. The van der Waals surface area contributed by atoms with E-state index in [0.29, 0.717) is 20.9 Å². The van der Waals surface area contributed by atoms with E-state index in [1.54, 1.807) is 31.3 Å². The Hall–Kier alpha value is -3.15. The summed E-state index contributed by atoms with van der Waals surface area (Å²) in [4.78, 5) is 41.1. The highest BCUT2D eigenvalue weighted by atomic mass is 79.9. The number of carboxylic acid groups (broad SMARTS) is 1. The lowest BCUT2D eigenvalue weighted by molar-refractivity contribution is 0.0706. The number of hydrazine groups is 1. The number of nitrogens with one attached hydrogen (secondary N) is 2. The summed E-state index contributed by atoms with van der Waals surface area (Å²) < 4.78 is 1.83. The SMILES string of the molecule is Cc1cc(Cl)cc(C(=O)N(C)NC(=O)O)c1NC(=O)c1cc(Br)nn1Cc1ncccc1Cl. The van der Waals surface area contributed by atoms with Crippen molar-refractivity contribution >= 4 is 62.7 Å². The molecule has 0 bridgehead atoms. The fourth-order valence-corrected chi connectivity index (χ4v) is 3.86. The molecule has 0 fully saturated rings. The standard InChI is InChI=1S/C20H17BrCl2N6O4/c1-10-6-11(22)7-12(19(31)28(2)27-20(32)33)17(10)25-18(30)15-8-16(21)26-29(15)9-14-13(23)4-3-5-24-14/h3-8,27H,9H2,1-2H3,(H,25,30)(H,32,33). The first-order chi connectivity index (χ1) is 15.6. The van der Waals surface area contributed by atoms with Crippen LogP contribution >= 0.6 is 39.1 Å². The fraction of sp³-hybridized carbons (Fsp3) is 0.150. The second-order valence-electron chi connectivity index (χ2n) is 6.82. The van der Waals surface area contributed by atoms with E-state index in [9.17, 15) is 14.4 Å². The zero-order chi connectivity index (χ0) is 24.3. The Labute approximate surface area is 206 Å². The van der Waals surface area contributed by atoms with Crippen molar-refractivity contribution in [1.82, 2.24) is 25.2 Å². The summed E-state index contributed by atoms with van der Waals surface area (Å²) in [5, 5.41) is 17.3. The lowest BCUT2D eigenvalue weighted by Crippen LogP contribution is -2.42. The van der Waals surface area contributed by atoms with Crippen molar-refractivity contribution in [3.63, 3.8) is 0 Å². The summed E-state index contributed by atoms with van der Waals surface area (Å²) in [6.07, 6.45) is 0.160. The Kier molecular flexibility index (Phi) is 7.57. The van der Waals surface area contributed by atoms with Crippen LogP contribution in [0.2, 0.25) is 10.0 Å². The molecule has 0 spiro atoms. The zero-order valence-electron chi connectivity index (χ0n) is 17.3. The maximum atomic E-state index is 13.2. The highest BCUT2D eigenvalue weighted by molar-refractivity contribution is 9.10. The molecule has 0 aliphatic carbocycles. The molecule has 0 atom stereocenters. The van der Waals surface area contributed by atoms with Gasteiger partial charge in [-0.15, -0.1) is 0 Å². The highest BCUT2D eigenvalue weighted by Gasteiger charge is 2.23. The smallest absolute Gasteiger partial charge is 0.423 e. The van der Waals surface area contributed by atoms with E-state index in [4.69, 9.17) is 28.3 Å². The number of pyridine rings is 1. The van der Waals surface area contributed by atoms with Crippen LogP contribution in [-0.2, 0) is 6.54 Å². The van der Waals surface area contributed by atoms with E-state index in [0.717, 1.165) is 5.01 Å². The van der Waals surface area contributed by atoms with E-state index in [2.05, 4.69) is 31.3 Å². The van der Waals surface area contributed by atoms with E-state index in [-0.39, 0.29) is 28.5 Å². The topological polar surface area (TPSA) is 129 Å². The first-order valence-corrected chi connectivity index (χ1v) is 10.8. The second kappa shape index (κ2) is 10.2. The van der Waals surface area contributed by atoms with Crippen LogP contribution in [0.25, 0.3) is 0 Å². The lowest BCUT2D eigenvalue weighted by Gasteiger charge is -2.20. The Bertz CT molecular complexity index is 1250. The van der Waals surface area contributed by atoms with Gasteiger partial charge in [-0.3, -0.25) is 24.3 Å². The summed E-state index contributed by atoms with van der Waals surface area (Å²) >= 11 is 15.5. The van der Waals surface area contributed by atoms with Crippen molar-refractivity contribution in [2.45, 2.75) is 13.5 Å². The number of nitrogens with zero attached hydrogens (tertiary/aromatic N) is 4. The first kappa shape index (κ1) is 24.5. The molecule has 0 radical (unpaired) electrons. The molecule has 13 heteroatoms. The van der Waals surface area contributed by atoms with Gasteiger partial charge in [0.25, 0.3) is 11.8 Å². The van der Waals surface area contributed by atoms with E-state index < -0.39 is 17.9 Å². The van der Waals surface area contributed by atoms with Gasteiger partial charge in [0.1, 0.15) is 10.3 Å². The predicted octanol–water partition coefficient (Wildman–Crippen LogP) is 4.21. The second-order valence-corrected chi connectivity index (χ2v) is 8.48. The van der Waals surface area contributed by atoms with Crippen molar-refractivity contribution in [1.29, 1.82) is 0 Å². The zero-order valence-corrected chi connectivity index (χ0v) is 20.4. The van der Waals surface area contributed by atoms with Gasteiger partial charge in [0.15, 0.2) is 0 Å². The van der Waals surface area contributed by atoms with Crippen LogP contribution in [0, 0.1) is 6.92 Å². The number of aromatic nitrogens is 3. The number of benzene rings is 1. The molecule has 10 nitrogen and oxygen atoms in total. The number of aryl methyl sites for hydroxylation is 1. The lowest BCUT2D eigenvalue weighted by atomic mass is 10.1. The number of halogens is 3. The molecule has 3 N–H and O–H groups in total. The highest BCUT2D eigenvalue weighted by Crippen LogP contribution is 2.27. The molecule has 0 aliphatic heterocycles. The fourth-order valence-electron chi connectivity index (χ4n) is 3.00. The third-order valence-electron chi connectivity index (χ3n) is 4.45. The van der Waals surface area contributed by atoms with Crippen molar-refractivity contribution in [3.8, 4) is 0 Å². The largest absolute Gasteiger partial charge is 0.464 e. The van der Waals surface area contributed by atoms with Gasteiger partial charge in [0.05, 0.1) is 28.5 Å². The van der Waals surface area contributed by atoms with Gasteiger partial charge in [-0.2, -0.15) is 5.10 Å². The van der Waals surface area contributed by atoms with E-state index in [1.165, 1.54) is 23.9 Å². The molecule has 0 aliphatic rings. The minimum Gasteiger partial charge on any atom is -0.464 e. The molecular weight excluding hydrogens is 539 g/mol. The van der Waals surface area contributed by atoms with Crippen LogP contribution in [0.1, 0.15) is 32.1 Å². The number of hydrogen-bond donors (Lipinski definition) is 3. The number of rotatable bonds is 5. The number of carbonyl (C=O) groups is 3. The number of carbonyl (C=O) groups excluding carboxylic acids is 2. The minimum absolute atomic E-state index is 0.00232. The van der Waals surface area contributed by atoms with Gasteiger partial charge >= 0.3 is 6.09 Å². The quantitative estimate of drug-likeness (QED) is 0.404. The molecular formula is C20H17BrCl2N6O4. The number of amides is 3. The first-order valence-electron chi connectivity index (χ1n) is 9.28. The number of hydrogen-bond acceptors (Lipinski definition) is 5. The Morgan fingerprint density at radius 1 is 1.24 bits per heavy atom. The van der Waals surface area contributed by atoms with Gasteiger partial charge in [-0.1, -0.05) is 23.2 Å². The van der Waals surface area contributed by atoms with E-state index >= 15 is 0 Å². The minimum atomic E-state index is -1.42. The van der Waals surface area contributed by atoms with Crippen LogP contribution in [0.4, 0.5) is 10.5 Å².